The molecular formula is C74H130N24O14. The lowest BCUT2D eigenvalue weighted by atomic mass is 9.94. The number of carboxylic acid groups (broad SMARTS) is 1. The number of nitrogens with one attached hydrogen (secondary N) is 12. The van der Waals surface area contributed by atoms with Crippen molar-refractivity contribution >= 4 is 106 Å². The van der Waals surface area contributed by atoms with Gasteiger partial charge < -0.3 is 120 Å². The number of hydrogen-bond acceptors (Lipinski definition) is 18. The Morgan fingerprint density at radius 3 is 1.17 bits per heavy atom. The van der Waals surface area contributed by atoms with Crippen molar-refractivity contribution in [1.29, 1.82) is 0 Å². The second kappa shape index (κ2) is 50.5. The van der Waals surface area contributed by atoms with E-state index in [1.54, 1.807) is 107 Å². The van der Waals surface area contributed by atoms with Crippen molar-refractivity contribution in [1.82, 2.24) is 63.5 Å². The minimum absolute atomic E-state index is 0.00398. The molecule has 0 fully saturated rings. The molecular weight excluding hydrogens is 1450 g/mol. The number of carboxylic acids is 1. The van der Waals surface area contributed by atoms with E-state index >= 15 is 4.79 Å². The molecule has 2 aromatic rings. The molecule has 0 aliphatic heterocycles. The lowest BCUT2D eigenvalue weighted by molar-refractivity contribution is -0.142. The van der Waals surface area contributed by atoms with Crippen LogP contribution in [0, 0.1) is 35.5 Å². The number of aromatic nitrogens is 1. The largest absolute Gasteiger partial charge is 0.480 e. The standard InChI is InChI=1S/C74H130N24O14/c1-13-41(10)57(68(108)90-48(27-21-33-85-73(80)81)60(100)92-51(71(111)112)25-18-19-31-75)96-63(103)49(28-22-34-86-74(82)83)91-69(109)58(42(11)14-2)98-67(107)56(40(8)9)95-70(110)59(43(12)15-3)97-65(105)52(35-38(4)5)93-64(104)53(36-44-37-87-46-24-17-16-23-45(44)46)94-61(101)47(26-20-32-84-72(78)79)88-62(102)50(29-30-54(76)99)89-66(106)55(77)39(6)7/h16-17,23-24,37-43,47-53,55-59,87H,13-15,18-22,25-36,75,77H2,1-12H3,(H2,76,99)(H,88,102)(H,89,106)(H,90,108)(H,91,109)(H,92,100)(H,93,104)(H,94,101)(H,95,110)(H,96,103)(H,97,105)(H,98,107)(H,111,112)(H4,78,79,84)(H4,80,81,85)(H4,82,83,86)/t41-,42-,43-,47-,48-,49-,50-,51-,52-,53-,55-,56-,57-,58-,59-/m0/s1. The van der Waals surface area contributed by atoms with Gasteiger partial charge in [0, 0.05) is 49.6 Å². The number of carbonyl (C=O) groups excluding carboxylic acids is 12. The van der Waals surface area contributed by atoms with Crippen LogP contribution in [0.15, 0.2) is 45.4 Å². The first kappa shape index (κ1) is 97.7. The molecule has 38 nitrogen and oxygen atoms in total. The summed E-state index contributed by atoms with van der Waals surface area (Å²) in [4.78, 5) is 199. The molecule has 38 heteroatoms. The van der Waals surface area contributed by atoms with E-state index in [4.69, 9.17) is 51.6 Å². The van der Waals surface area contributed by atoms with Gasteiger partial charge in [0.25, 0.3) is 0 Å². The highest BCUT2D eigenvalue weighted by Crippen LogP contribution is 2.22. The monoisotopic (exact) mass is 1580 g/mol. The average Bonchev–Trinajstić information content (AvgIpc) is 1.66. The number of rotatable bonds is 54. The Balaban J connectivity index is 2.65. The highest BCUT2D eigenvalue weighted by molar-refractivity contribution is 6.00. The Kier molecular flexibility index (Phi) is 44.0. The number of aliphatic carboxylic acids is 1. The van der Waals surface area contributed by atoms with Crippen LogP contribution in [0.25, 0.3) is 10.9 Å². The molecule has 0 radical (unpaired) electrons. The third-order valence-corrected chi connectivity index (χ3v) is 19.3. The highest BCUT2D eigenvalue weighted by Gasteiger charge is 2.40. The summed E-state index contributed by atoms with van der Waals surface area (Å²) in [5, 5.41) is 40.6. The van der Waals surface area contributed by atoms with Gasteiger partial charge in [0.05, 0.1) is 6.04 Å². The topological polar surface area (TPSA) is 662 Å². The number of benzene rings is 1. The SMILES string of the molecule is CC[C@H](C)[C@H](NC(=O)[C@H](CCCN=C(N)N)NC(=O)[C@@H](NC(=O)[C@@H](NC(=O)[C@@H](NC(=O)[C@H](CC(C)C)NC(=O)[C@H](Cc1c[nH]c2ccccc12)NC(=O)[C@H](CCCN=C(N)N)NC(=O)[C@H](CCC(N)=O)NC(=O)[C@@H](N)C(C)C)[C@@H](C)CC)C(C)C)[C@@H](C)CC)C(=O)N[C@@H](CCCN=C(N)N)C(=O)N[C@@H](CCCCN)C(=O)O. The molecule has 630 valence electrons. The van der Waals surface area contributed by atoms with Gasteiger partial charge in [-0.05, 0) is 124 Å². The van der Waals surface area contributed by atoms with E-state index in [-0.39, 0.29) is 120 Å². The van der Waals surface area contributed by atoms with E-state index in [9.17, 15) is 62.6 Å². The summed E-state index contributed by atoms with van der Waals surface area (Å²) in [6.45, 7) is 21.0. The molecule has 0 saturated heterocycles. The normalized spacial score (nSPS) is 15.3. The van der Waals surface area contributed by atoms with Gasteiger partial charge in [-0.2, -0.15) is 0 Å². The van der Waals surface area contributed by atoms with Crippen molar-refractivity contribution in [2.45, 2.75) is 258 Å². The zero-order valence-electron chi connectivity index (χ0n) is 67.2. The van der Waals surface area contributed by atoms with E-state index < -0.39 is 173 Å². The van der Waals surface area contributed by atoms with Crippen molar-refractivity contribution in [3.63, 3.8) is 0 Å². The molecule has 1 aromatic carbocycles. The second-order valence-corrected chi connectivity index (χ2v) is 29.7. The van der Waals surface area contributed by atoms with Crippen LogP contribution in [0.5, 0.6) is 0 Å². The number of unbranched alkanes of at least 4 members (excludes halogenated alkanes) is 1. The summed E-state index contributed by atoms with van der Waals surface area (Å²) in [6, 6.07) is -9.01. The van der Waals surface area contributed by atoms with E-state index in [0.717, 1.165) is 0 Å². The molecule has 0 spiro atoms. The molecule has 1 aromatic heterocycles. The Labute approximate surface area is 656 Å². The summed E-state index contributed by atoms with van der Waals surface area (Å²) in [5.74, 6) is -14.9. The van der Waals surface area contributed by atoms with E-state index in [2.05, 4.69) is 78.4 Å². The number of amides is 12. The van der Waals surface area contributed by atoms with Crippen molar-refractivity contribution in [2.24, 2.45) is 102 Å². The van der Waals surface area contributed by atoms with Crippen LogP contribution in [-0.2, 0) is 68.7 Å². The zero-order valence-corrected chi connectivity index (χ0v) is 67.2. The maximum absolute atomic E-state index is 15.1. The third kappa shape index (κ3) is 34.9. The number of carbonyl (C=O) groups is 13. The second-order valence-electron chi connectivity index (χ2n) is 29.7. The van der Waals surface area contributed by atoms with Gasteiger partial charge >= 0.3 is 5.97 Å². The number of nitrogens with two attached hydrogens (primary N) is 9. The predicted octanol–water partition coefficient (Wildman–Crippen LogP) is -2.49. The van der Waals surface area contributed by atoms with Gasteiger partial charge in [0.1, 0.15) is 66.5 Å². The van der Waals surface area contributed by atoms with Gasteiger partial charge in [-0.1, -0.05) is 121 Å². The predicted molar refractivity (Wildman–Crippen MR) is 427 cm³/mol. The summed E-state index contributed by atoms with van der Waals surface area (Å²) in [6.07, 6.45) is 2.90. The van der Waals surface area contributed by atoms with E-state index in [1.807, 2.05) is 6.07 Å². The smallest absolute Gasteiger partial charge is 0.326 e. The fourth-order valence-corrected chi connectivity index (χ4v) is 11.9. The molecule has 0 saturated carbocycles. The molecule has 1 heterocycles. The number of aliphatic imine (C=N–C) groups is 3. The van der Waals surface area contributed by atoms with Crippen molar-refractivity contribution < 1.29 is 67.4 Å². The van der Waals surface area contributed by atoms with Crippen LogP contribution in [0.4, 0.5) is 0 Å². The van der Waals surface area contributed by atoms with Crippen LogP contribution in [0.2, 0.25) is 0 Å². The van der Waals surface area contributed by atoms with Crippen LogP contribution < -0.4 is 110 Å². The summed E-state index contributed by atoms with van der Waals surface area (Å²) >= 11 is 0. The lowest BCUT2D eigenvalue weighted by Crippen LogP contribution is -2.63. The van der Waals surface area contributed by atoms with E-state index in [1.165, 1.54) is 0 Å². The lowest BCUT2D eigenvalue weighted by Gasteiger charge is -2.32. The third-order valence-electron chi connectivity index (χ3n) is 19.3. The van der Waals surface area contributed by atoms with Gasteiger partial charge in [-0.25, -0.2) is 4.79 Å². The van der Waals surface area contributed by atoms with Gasteiger partial charge in [-0.15, -0.1) is 0 Å². The molecule has 0 bridgehead atoms. The molecule has 0 unspecified atom stereocenters. The van der Waals surface area contributed by atoms with Crippen molar-refractivity contribution in [3.8, 4) is 0 Å². The summed E-state index contributed by atoms with van der Waals surface area (Å²) < 4.78 is 0. The van der Waals surface area contributed by atoms with Crippen molar-refractivity contribution in [2.75, 3.05) is 26.2 Å². The average molecular weight is 1580 g/mol. The maximum Gasteiger partial charge on any atom is 0.326 e. The number of nitrogens with zero attached hydrogens (tertiary/aromatic N) is 3. The van der Waals surface area contributed by atoms with Crippen molar-refractivity contribution in [3.05, 3.63) is 36.0 Å². The number of para-hydroxylation sites is 1. The minimum atomic E-state index is -1.47. The van der Waals surface area contributed by atoms with Crippen LogP contribution >= 0.6 is 0 Å². The Bertz CT molecular complexity index is 3500. The van der Waals surface area contributed by atoms with Crippen LogP contribution in [0.1, 0.15) is 185 Å². The van der Waals surface area contributed by atoms with E-state index in [0.29, 0.717) is 55.1 Å². The molecule has 0 aliphatic rings. The molecule has 112 heavy (non-hydrogen) atoms. The fraction of sp³-hybridized carbons (Fsp3) is 0.676. The van der Waals surface area contributed by atoms with Crippen LogP contribution in [-0.4, -0.2) is 204 Å². The first-order chi connectivity index (χ1) is 52.7. The number of aromatic amines is 1. The molecule has 15 atom stereocenters. The van der Waals surface area contributed by atoms with Crippen LogP contribution in [0.3, 0.4) is 0 Å². The number of H-pyrrole nitrogens is 1. The Hall–Kier alpha value is -10.4. The van der Waals surface area contributed by atoms with Gasteiger partial charge in [0.2, 0.25) is 70.9 Å². The molecule has 2 rings (SSSR count). The first-order valence-corrected chi connectivity index (χ1v) is 38.7. The zero-order chi connectivity index (χ0) is 84.6. The highest BCUT2D eigenvalue weighted by atomic mass is 16.4. The first-order valence-electron chi connectivity index (χ1n) is 38.7. The minimum Gasteiger partial charge on any atom is -0.480 e. The molecule has 31 N–H and O–H groups in total. The molecule has 0 aliphatic carbocycles. The number of primary amides is 1. The quantitative estimate of drug-likeness (QED) is 0.0185. The fourth-order valence-electron chi connectivity index (χ4n) is 11.9. The molecule has 12 amide bonds. The number of hydrogen-bond donors (Lipinski definition) is 22. The Morgan fingerprint density at radius 1 is 0.411 bits per heavy atom. The Morgan fingerprint density at radius 2 is 0.759 bits per heavy atom. The van der Waals surface area contributed by atoms with Gasteiger partial charge in [-0.3, -0.25) is 72.5 Å². The summed E-state index contributed by atoms with van der Waals surface area (Å²) in [5.41, 5.74) is 52.0. The number of guanidine groups is 3. The summed E-state index contributed by atoms with van der Waals surface area (Å²) in [7, 11) is 0. The van der Waals surface area contributed by atoms with Gasteiger partial charge in [0.15, 0.2) is 17.9 Å². The number of fused-ring (bicyclic) bond motifs is 1. The maximum atomic E-state index is 15.1.